The van der Waals surface area contributed by atoms with Crippen molar-refractivity contribution in [3.05, 3.63) is 12.3 Å². The molecular weight excluding hydrogens is 138 g/mol. The van der Waals surface area contributed by atoms with E-state index in [0.29, 0.717) is 0 Å². The average molecular weight is 153 g/mol. The van der Waals surface area contributed by atoms with Gasteiger partial charge in [-0.25, -0.2) is 0 Å². The SMILES string of the molecule is C=C(C#C[Si](C)(C)C)NC. The van der Waals surface area contributed by atoms with Crippen molar-refractivity contribution in [1.82, 2.24) is 5.32 Å². The molecule has 0 unspecified atom stereocenters. The Balaban J connectivity index is 4.05. The number of hydrogen-bond donors (Lipinski definition) is 1. The minimum atomic E-state index is -1.20. The minimum Gasteiger partial charge on any atom is -0.382 e. The van der Waals surface area contributed by atoms with Crippen LogP contribution in [0.1, 0.15) is 0 Å². The minimum absolute atomic E-state index is 0.808. The van der Waals surface area contributed by atoms with Gasteiger partial charge in [-0.2, -0.15) is 0 Å². The van der Waals surface area contributed by atoms with Gasteiger partial charge in [-0.3, -0.25) is 0 Å². The van der Waals surface area contributed by atoms with Gasteiger partial charge in [0.1, 0.15) is 8.07 Å². The molecule has 0 fully saturated rings. The third-order valence-electron chi connectivity index (χ3n) is 0.890. The fourth-order valence-electron chi connectivity index (χ4n) is 0.325. The van der Waals surface area contributed by atoms with Crippen LogP contribution >= 0.6 is 0 Å². The average Bonchev–Trinajstić information content (AvgIpc) is 1.81. The maximum atomic E-state index is 3.71. The Kier molecular flexibility index (Phi) is 3.24. The van der Waals surface area contributed by atoms with E-state index in [4.69, 9.17) is 0 Å². The molecule has 56 valence electrons. The topological polar surface area (TPSA) is 12.0 Å². The first kappa shape index (κ1) is 9.32. The molecule has 0 spiro atoms. The Labute approximate surface area is 64.5 Å². The molecule has 0 amide bonds. The summed E-state index contributed by atoms with van der Waals surface area (Å²) < 4.78 is 0. The highest BCUT2D eigenvalue weighted by molar-refractivity contribution is 6.83. The van der Waals surface area contributed by atoms with E-state index in [1.54, 1.807) is 0 Å². The second-order valence-electron chi connectivity index (χ2n) is 3.23. The van der Waals surface area contributed by atoms with Gasteiger partial charge in [0.25, 0.3) is 0 Å². The summed E-state index contributed by atoms with van der Waals surface area (Å²) >= 11 is 0. The van der Waals surface area contributed by atoms with Gasteiger partial charge in [-0.05, 0) is 0 Å². The molecule has 0 saturated carbocycles. The third-order valence-corrected chi connectivity index (χ3v) is 1.77. The lowest BCUT2D eigenvalue weighted by molar-refractivity contribution is 1.05. The van der Waals surface area contributed by atoms with E-state index >= 15 is 0 Å². The zero-order valence-corrected chi connectivity index (χ0v) is 8.21. The zero-order chi connectivity index (χ0) is 8.20. The van der Waals surface area contributed by atoms with Crippen molar-refractivity contribution < 1.29 is 0 Å². The molecule has 1 N–H and O–H groups in total. The Bertz CT molecular complexity index is 178. The maximum absolute atomic E-state index is 3.71. The predicted molar refractivity (Wildman–Crippen MR) is 49.3 cm³/mol. The van der Waals surface area contributed by atoms with Crippen molar-refractivity contribution >= 4 is 8.07 Å². The zero-order valence-electron chi connectivity index (χ0n) is 7.21. The van der Waals surface area contributed by atoms with Gasteiger partial charge < -0.3 is 5.32 Å². The Morgan fingerprint density at radius 2 is 1.90 bits per heavy atom. The first-order valence-corrected chi connectivity index (χ1v) is 6.85. The number of rotatable bonds is 1. The summed E-state index contributed by atoms with van der Waals surface area (Å²) in [5, 5.41) is 2.89. The van der Waals surface area contributed by atoms with Crippen molar-refractivity contribution in [3.8, 4) is 11.5 Å². The van der Waals surface area contributed by atoms with Crippen LogP contribution in [0.3, 0.4) is 0 Å². The molecule has 0 saturated heterocycles. The molecule has 10 heavy (non-hydrogen) atoms. The molecule has 0 bridgehead atoms. The van der Waals surface area contributed by atoms with Gasteiger partial charge in [-0.15, -0.1) is 5.54 Å². The van der Waals surface area contributed by atoms with Gasteiger partial charge in [0, 0.05) is 7.05 Å². The van der Waals surface area contributed by atoms with Crippen LogP contribution in [-0.4, -0.2) is 15.1 Å². The summed E-state index contributed by atoms with van der Waals surface area (Å²) in [5.74, 6) is 2.98. The molecule has 0 heterocycles. The summed E-state index contributed by atoms with van der Waals surface area (Å²) in [4.78, 5) is 0. The van der Waals surface area contributed by atoms with Crippen LogP contribution in [0.4, 0.5) is 0 Å². The van der Waals surface area contributed by atoms with Crippen LogP contribution in [0.25, 0.3) is 0 Å². The largest absolute Gasteiger partial charge is 0.382 e. The van der Waals surface area contributed by atoms with Crippen molar-refractivity contribution in [2.75, 3.05) is 7.05 Å². The highest BCUT2D eigenvalue weighted by atomic mass is 28.3. The molecule has 0 aromatic rings. The lowest BCUT2D eigenvalue weighted by Gasteiger charge is -2.03. The van der Waals surface area contributed by atoms with E-state index in [1.165, 1.54) is 0 Å². The summed E-state index contributed by atoms with van der Waals surface area (Å²) in [6.45, 7) is 10.3. The van der Waals surface area contributed by atoms with Crippen molar-refractivity contribution in [2.24, 2.45) is 0 Å². The maximum Gasteiger partial charge on any atom is 0.129 e. The smallest absolute Gasteiger partial charge is 0.129 e. The molecule has 2 heteroatoms. The fourth-order valence-corrected chi connectivity index (χ4v) is 0.851. The highest BCUT2D eigenvalue weighted by Crippen LogP contribution is 1.96. The molecule has 1 nitrogen and oxygen atoms in total. The van der Waals surface area contributed by atoms with Gasteiger partial charge >= 0.3 is 0 Å². The van der Waals surface area contributed by atoms with E-state index < -0.39 is 8.07 Å². The normalized spacial score (nSPS) is 9.60. The lowest BCUT2D eigenvalue weighted by Crippen LogP contribution is -2.17. The predicted octanol–water partition coefficient (Wildman–Crippen LogP) is 1.60. The molecular formula is C8H15NSi. The molecule has 0 aliphatic heterocycles. The van der Waals surface area contributed by atoms with E-state index in [1.807, 2.05) is 7.05 Å². The first-order valence-electron chi connectivity index (χ1n) is 3.35. The van der Waals surface area contributed by atoms with Gasteiger partial charge in [0.15, 0.2) is 0 Å². The number of allylic oxidation sites excluding steroid dienone is 1. The molecule has 0 aromatic carbocycles. The van der Waals surface area contributed by atoms with Crippen molar-refractivity contribution in [2.45, 2.75) is 19.6 Å². The van der Waals surface area contributed by atoms with Crippen LogP contribution < -0.4 is 5.32 Å². The second-order valence-corrected chi connectivity index (χ2v) is 7.98. The standard InChI is InChI=1S/C8H15NSi/c1-8(9-2)6-7-10(3,4)5/h9H,1H2,2-5H3. The number of hydrogen-bond acceptors (Lipinski definition) is 1. The van der Waals surface area contributed by atoms with Crippen molar-refractivity contribution in [3.63, 3.8) is 0 Å². The molecule has 0 aliphatic rings. The van der Waals surface area contributed by atoms with Crippen molar-refractivity contribution in [1.29, 1.82) is 0 Å². The monoisotopic (exact) mass is 153 g/mol. The summed E-state index contributed by atoms with van der Waals surface area (Å²) in [5.41, 5.74) is 4.01. The van der Waals surface area contributed by atoms with Crippen LogP contribution in [-0.2, 0) is 0 Å². The third kappa shape index (κ3) is 5.45. The second kappa shape index (κ2) is 3.48. The summed E-state index contributed by atoms with van der Waals surface area (Å²) in [7, 11) is 0.636. The van der Waals surface area contributed by atoms with Crippen LogP contribution in [0, 0.1) is 11.5 Å². The number of nitrogens with one attached hydrogen (secondary N) is 1. The fraction of sp³-hybridized carbons (Fsp3) is 0.500. The summed E-state index contributed by atoms with van der Waals surface area (Å²) in [6.07, 6.45) is 0. The molecule has 0 aliphatic carbocycles. The highest BCUT2D eigenvalue weighted by Gasteiger charge is 2.06. The van der Waals surface area contributed by atoms with E-state index in [2.05, 4.69) is 43.0 Å². The van der Waals surface area contributed by atoms with E-state index in [0.717, 1.165) is 5.70 Å². The van der Waals surface area contributed by atoms with E-state index in [9.17, 15) is 0 Å². The van der Waals surface area contributed by atoms with E-state index in [-0.39, 0.29) is 0 Å². The van der Waals surface area contributed by atoms with Crippen LogP contribution in [0.5, 0.6) is 0 Å². The molecule has 0 aromatic heterocycles. The van der Waals surface area contributed by atoms with Gasteiger partial charge in [-0.1, -0.05) is 32.1 Å². The quantitative estimate of drug-likeness (QED) is 0.446. The Hall–Kier alpha value is -0.683. The van der Waals surface area contributed by atoms with Crippen LogP contribution in [0.15, 0.2) is 12.3 Å². The molecule has 0 atom stereocenters. The molecule has 0 rings (SSSR count). The first-order chi connectivity index (χ1) is 4.45. The Morgan fingerprint density at radius 3 is 2.20 bits per heavy atom. The lowest BCUT2D eigenvalue weighted by atomic mass is 10.5. The molecule has 0 radical (unpaired) electrons. The summed E-state index contributed by atoms with van der Waals surface area (Å²) in [6, 6.07) is 0. The van der Waals surface area contributed by atoms with Gasteiger partial charge in [0.05, 0.1) is 5.70 Å². The van der Waals surface area contributed by atoms with Gasteiger partial charge in [0.2, 0.25) is 0 Å². The Morgan fingerprint density at radius 1 is 1.40 bits per heavy atom. The van der Waals surface area contributed by atoms with Crippen LogP contribution in [0.2, 0.25) is 19.6 Å².